The number of carbonyl (C=O) groups excluding carboxylic acids is 2. The zero-order valence-electron chi connectivity index (χ0n) is 14.2. The van der Waals surface area contributed by atoms with Crippen LogP contribution >= 0.6 is 0 Å². The van der Waals surface area contributed by atoms with Crippen LogP contribution in [0, 0.1) is 17.0 Å². The van der Waals surface area contributed by atoms with Gasteiger partial charge in [-0.15, -0.1) is 0 Å². The van der Waals surface area contributed by atoms with Crippen LogP contribution in [-0.4, -0.2) is 27.8 Å². The first-order valence-corrected chi connectivity index (χ1v) is 7.95. The molecule has 26 heavy (non-hydrogen) atoms. The third-order valence-electron chi connectivity index (χ3n) is 4.23. The minimum Gasteiger partial charge on any atom is -0.451 e. The molecule has 7 heteroatoms. The minimum absolute atomic E-state index is 0.0674. The van der Waals surface area contributed by atoms with E-state index in [1.54, 1.807) is 12.3 Å². The van der Waals surface area contributed by atoms with Crippen molar-refractivity contribution in [2.75, 3.05) is 0 Å². The van der Waals surface area contributed by atoms with Crippen LogP contribution in [0.5, 0.6) is 0 Å². The molecule has 1 aromatic heterocycles. The predicted octanol–water partition coefficient (Wildman–Crippen LogP) is 3.81. The fourth-order valence-electron chi connectivity index (χ4n) is 2.81. The quantitative estimate of drug-likeness (QED) is 0.325. The average Bonchev–Trinajstić information content (AvgIpc) is 3.04. The number of aromatic nitrogens is 1. The molecular weight excluding hydrogens is 336 g/mol. The Morgan fingerprint density at radius 1 is 1.12 bits per heavy atom. The number of para-hydroxylation sites is 1. The Balaban J connectivity index is 1.83. The smallest absolute Gasteiger partial charge is 0.339 e. The van der Waals surface area contributed by atoms with E-state index in [2.05, 4.69) is 4.98 Å². The lowest BCUT2D eigenvalue weighted by Crippen LogP contribution is -2.24. The fourth-order valence-corrected chi connectivity index (χ4v) is 2.81. The number of nitro benzene ring substituents is 1. The highest BCUT2D eigenvalue weighted by molar-refractivity contribution is 6.10. The lowest BCUT2D eigenvalue weighted by molar-refractivity contribution is -0.385. The van der Waals surface area contributed by atoms with Gasteiger partial charge in [0.05, 0.1) is 10.5 Å². The summed E-state index contributed by atoms with van der Waals surface area (Å²) >= 11 is 0. The van der Waals surface area contributed by atoms with Gasteiger partial charge in [0.25, 0.3) is 5.69 Å². The maximum Gasteiger partial charge on any atom is 0.339 e. The molecule has 1 N–H and O–H groups in total. The Labute approximate surface area is 148 Å². The van der Waals surface area contributed by atoms with Crippen LogP contribution in [0.2, 0.25) is 0 Å². The molecule has 0 aliphatic carbocycles. The lowest BCUT2D eigenvalue weighted by Gasteiger charge is -2.13. The van der Waals surface area contributed by atoms with Crippen LogP contribution in [-0.2, 0) is 4.74 Å². The zero-order valence-corrected chi connectivity index (χ0v) is 14.2. The number of esters is 1. The number of nitrogens with one attached hydrogen (secondary N) is 1. The van der Waals surface area contributed by atoms with Gasteiger partial charge >= 0.3 is 5.97 Å². The fraction of sp³-hybridized carbons (Fsp3) is 0.158. The minimum atomic E-state index is -1.03. The summed E-state index contributed by atoms with van der Waals surface area (Å²) in [6.45, 7) is 2.95. The van der Waals surface area contributed by atoms with Gasteiger partial charge in [0, 0.05) is 34.3 Å². The van der Waals surface area contributed by atoms with Crippen molar-refractivity contribution < 1.29 is 19.2 Å². The summed E-state index contributed by atoms with van der Waals surface area (Å²) in [5.74, 6) is -1.12. The molecule has 2 aromatic carbocycles. The Bertz CT molecular complexity index is 1020. The van der Waals surface area contributed by atoms with Crippen molar-refractivity contribution in [3.05, 3.63) is 75.5 Å². The number of carbonyl (C=O) groups is 2. The van der Waals surface area contributed by atoms with E-state index in [0.717, 1.165) is 10.9 Å². The van der Waals surface area contributed by atoms with Crippen molar-refractivity contribution in [3.63, 3.8) is 0 Å². The molecule has 0 bridgehead atoms. The monoisotopic (exact) mass is 352 g/mol. The van der Waals surface area contributed by atoms with Gasteiger partial charge in [0.1, 0.15) is 0 Å². The second-order valence-corrected chi connectivity index (χ2v) is 5.87. The van der Waals surface area contributed by atoms with Gasteiger partial charge in [-0.05, 0) is 26.0 Å². The standard InChI is InChI=1S/C19H16N2O5/c1-11-13(7-5-9-17(11)21(24)25)19(23)26-12(2)18(22)15-10-20-16-8-4-3-6-14(15)16/h3-10,12,20H,1-2H3/t12-/m1/s1. The van der Waals surface area contributed by atoms with Crippen LogP contribution in [0.15, 0.2) is 48.7 Å². The summed E-state index contributed by atoms with van der Waals surface area (Å²) in [4.78, 5) is 38.5. The molecule has 0 saturated heterocycles. The molecule has 0 saturated carbocycles. The predicted molar refractivity (Wildman–Crippen MR) is 95.3 cm³/mol. The third kappa shape index (κ3) is 3.06. The number of ketones is 1. The number of Topliss-reactive ketones (excluding diaryl/α,β-unsaturated/α-hetero) is 1. The third-order valence-corrected chi connectivity index (χ3v) is 4.23. The van der Waals surface area contributed by atoms with E-state index < -0.39 is 17.0 Å². The Hall–Kier alpha value is -3.48. The molecular formula is C19H16N2O5. The number of nitro groups is 1. The molecule has 0 spiro atoms. The van der Waals surface area contributed by atoms with E-state index in [-0.39, 0.29) is 22.6 Å². The summed E-state index contributed by atoms with van der Waals surface area (Å²) in [5, 5.41) is 11.7. The van der Waals surface area contributed by atoms with Gasteiger partial charge in [-0.2, -0.15) is 0 Å². The molecule has 0 unspecified atom stereocenters. The van der Waals surface area contributed by atoms with E-state index in [1.165, 1.54) is 32.0 Å². The van der Waals surface area contributed by atoms with Gasteiger partial charge in [0.2, 0.25) is 5.78 Å². The molecule has 0 amide bonds. The van der Waals surface area contributed by atoms with Gasteiger partial charge in [-0.3, -0.25) is 14.9 Å². The molecule has 7 nitrogen and oxygen atoms in total. The van der Waals surface area contributed by atoms with E-state index in [0.29, 0.717) is 5.56 Å². The van der Waals surface area contributed by atoms with Crippen molar-refractivity contribution in [2.24, 2.45) is 0 Å². The molecule has 3 aromatic rings. The van der Waals surface area contributed by atoms with Crippen molar-refractivity contribution in [2.45, 2.75) is 20.0 Å². The van der Waals surface area contributed by atoms with E-state index >= 15 is 0 Å². The topological polar surface area (TPSA) is 102 Å². The highest BCUT2D eigenvalue weighted by atomic mass is 16.6. The summed E-state index contributed by atoms with van der Waals surface area (Å²) in [5.41, 5.74) is 1.34. The first-order chi connectivity index (χ1) is 12.4. The molecule has 132 valence electrons. The van der Waals surface area contributed by atoms with E-state index in [1.807, 2.05) is 18.2 Å². The van der Waals surface area contributed by atoms with Crippen molar-refractivity contribution in [3.8, 4) is 0 Å². The first kappa shape index (κ1) is 17.3. The van der Waals surface area contributed by atoms with Crippen LogP contribution in [0.4, 0.5) is 5.69 Å². The van der Waals surface area contributed by atoms with Crippen LogP contribution in [0.3, 0.4) is 0 Å². The van der Waals surface area contributed by atoms with Crippen molar-refractivity contribution in [1.82, 2.24) is 4.98 Å². The summed E-state index contributed by atoms with van der Waals surface area (Å²) in [6.07, 6.45) is 0.552. The summed E-state index contributed by atoms with van der Waals surface area (Å²) < 4.78 is 5.26. The van der Waals surface area contributed by atoms with Crippen LogP contribution in [0.25, 0.3) is 10.9 Å². The highest BCUT2D eigenvalue weighted by Gasteiger charge is 2.25. The number of hydrogen-bond donors (Lipinski definition) is 1. The molecule has 0 fully saturated rings. The first-order valence-electron chi connectivity index (χ1n) is 7.95. The Kier molecular flexibility index (Phi) is 4.53. The normalized spacial score (nSPS) is 11.9. The van der Waals surface area contributed by atoms with E-state index in [9.17, 15) is 19.7 Å². The number of H-pyrrole nitrogens is 1. The van der Waals surface area contributed by atoms with Crippen molar-refractivity contribution in [1.29, 1.82) is 0 Å². The van der Waals surface area contributed by atoms with Crippen molar-refractivity contribution >= 4 is 28.3 Å². The number of aromatic amines is 1. The molecule has 1 heterocycles. The lowest BCUT2D eigenvalue weighted by atomic mass is 10.1. The Morgan fingerprint density at radius 3 is 2.58 bits per heavy atom. The van der Waals surface area contributed by atoms with Gasteiger partial charge in [-0.25, -0.2) is 4.79 Å². The SMILES string of the molecule is Cc1c(C(=O)O[C@H](C)C(=O)c2c[nH]c3ccccc23)cccc1[N+](=O)[O-]. The zero-order chi connectivity index (χ0) is 18.8. The van der Waals surface area contributed by atoms with Gasteiger partial charge in [0.15, 0.2) is 6.10 Å². The molecule has 3 rings (SSSR count). The Morgan fingerprint density at radius 2 is 1.85 bits per heavy atom. The number of rotatable bonds is 5. The average molecular weight is 352 g/mol. The maximum atomic E-state index is 12.6. The summed E-state index contributed by atoms with van der Waals surface area (Å²) in [6, 6.07) is 11.5. The second kappa shape index (κ2) is 6.79. The van der Waals surface area contributed by atoms with Gasteiger partial charge in [-0.1, -0.05) is 24.3 Å². The number of benzene rings is 2. The number of hydrogen-bond acceptors (Lipinski definition) is 5. The summed E-state index contributed by atoms with van der Waals surface area (Å²) in [7, 11) is 0. The van der Waals surface area contributed by atoms with Crippen LogP contribution < -0.4 is 0 Å². The number of fused-ring (bicyclic) bond motifs is 1. The van der Waals surface area contributed by atoms with Gasteiger partial charge < -0.3 is 9.72 Å². The highest BCUT2D eigenvalue weighted by Crippen LogP contribution is 2.23. The number of ether oxygens (including phenoxy) is 1. The number of nitrogens with zero attached hydrogens (tertiary/aromatic N) is 1. The molecule has 0 radical (unpaired) electrons. The molecule has 0 aliphatic rings. The largest absolute Gasteiger partial charge is 0.451 e. The molecule has 0 aliphatic heterocycles. The van der Waals surface area contributed by atoms with Crippen LogP contribution in [0.1, 0.15) is 33.2 Å². The van der Waals surface area contributed by atoms with E-state index in [4.69, 9.17) is 4.74 Å². The molecule has 1 atom stereocenters. The second-order valence-electron chi connectivity index (χ2n) is 5.87. The maximum absolute atomic E-state index is 12.6.